The van der Waals surface area contributed by atoms with Gasteiger partial charge in [0.1, 0.15) is 77.1 Å². The van der Waals surface area contributed by atoms with Gasteiger partial charge in [0, 0.05) is 11.8 Å². The highest BCUT2D eigenvalue weighted by molar-refractivity contribution is 8.07. The summed E-state index contributed by atoms with van der Waals surface area (Å²) in [5, 5.41) is 0. The molecular weight excluding hydrogens is 1590 g/mol. The van der Waals surface area contributed by atoms with Gasteiger partial charge in [0.05, 0.1) is 67.8 Å². The normalized spacial score (nSPS) is 30.5. The molecule has 0 amide bonds. The van der Waals surface area contributed by atoms with Crippen molar-refractivity contribution in [1.29, 1.82) is 0 Å². The molecule has 15 rings (SSSR count). The number of aryl methyl sites for hydroxylation is 1. The van der Waals surface area contributed by atoms with E-state index in [1.165, 1.54) is 17.2 Å². The van der Waals surface area contributed by atoms with Crippen LogP contribution in [0, 0.1) is 28.6 Å². The van der Waals surface area contributed by atoms with E-state index in [0.29, 0.717) is 31.7 Å². The largest absolute Gasteiger partial charge is 0.473 e. The minimum Gasteiger partial charge on any atom is -0.383 e. The van der Waals surface area contributed by atoms with Gasteiger partial charge in [-0.25, -0.2) is 24.3 Å². The zero-order chi connectivity index (χ0) is 87.4. The zero-order valence-corrected chi connectivity index (χ0v) is 74.7. The molecule has 42 heteroatoms. The van der Waals surface area contributed by atoms with E-state index in [0.717, 1.165) is 18.4 Å². The summed E-state index contributed by atoms with van der Waals surface area (Å²) in [6, 6.07) is 0. The summed E-state index contributed by atoms with van der Waals surface area (Å²) < 4.78 is 105. The molecule has 118 heavy (non-hydrogen) atoms. The Balaban J connectivity index is 0.000000145. The number of rotatable bonds is 16. The molecule has 7 aromatic heterocycles. The molecule has 0 radical (unpaired) electrons. The van der Waals surface area contributed by atoms with Crippen molar-refractivity contribution < 1.29 is 79.8 Å². The number of ether oxygens (including phenoxy) is 10. The standard InChI is InChI=1S/C19H30N5O7P.C19H30N5O6PS.C19H29N5O4.C19H31N3O4/c1-17(2,3)7-19-8-28-11(12(19)30-32(26,27)31-18(4,5)6)15(29-19)24-9-21-10-13(24)22-16(20)23-14(10)25;1-17(2,3)7-19-8-27-11(12(19)29-31(26,32)30-18(4,5)6)15(28-19)24-9-21-10-13(24)22-16(20)23-14(10)25;1-17(2,3)7-19-8-26-11(12(19)27-18(4,5)6)15(28-19)24-9-21-10-13(24)22-16(20)23-14(10)25;1-11-8-22(16(23)21-14(11)20)15-12-13(25-18(5,6)7)19(26-15,10-24-12)9-17(2,3)4/h9,11-12,15H,7-8H2,1-6H3,(H,26,27)(H3,20,22,23,25);9,11-12,15H,7-8H2,1-6H3,(H,26,32)(H3,20,22,23,25);9,11-12,15H,7-8H2,1-6H3,(H3,20,22,23,25);8,12-13,15H,9-10H2,1-7H3,(H2,20,21,23)/t11?,12-,15-,19+;11?,12-,15-,19+,31?;11?,12-,15-,19+;12?,13-,15-,19+/m1111/s1. The zero-order valence-electron chi connectivity index (χ0n) is 72.1. The van der Waals surface area contributed by atoms with Crippen LogP contribution in [0.2, 0.25) is 0 Å². The third kappa shape index (κ3) is 19.5. The van der Waals surface area contributed by atoms with Gasteiger partial charge in [-0.15, -0.1) is 0 Å². The monoisotopic (exact) mass is 1710 g/mol. The topological polar surface area (TPSA) is 516 Å². The number of fused-ring (bicyclic) bond motifs is 11. The van der Waals surface area contributed by atoms with Crippen molar-refractivity contribution in [1.82, 2.24) is 68.1 Å². The molecular formula is C76H120N18O21P2S. The third-order valence-corrected chi connectivity index (χ3v) is 23.1. The predicted octanol–water partition coefficient (Wildman–Crippen LogP) is 8.73. The molecule has 8 fully saturated rings. The number of imidazole rings is 3. The molecule has 8 saturated heterocycles. The maximum Gasteiger partial charge on any atom is 0.473 e. The van der Waals surface area contributed by atoms with E-state index in [1.54, 1.807) is 67.8 Å². The number of hydrogen-bond donors (Lipinski definition) is 9. The molecule has 0 aliphatic carbocycles. The molecule has 8 bridgehead atoms. The molecule has 13 N–H and O–H groups in total. The highest BCUT2D eigenvalue weighted by atomic mass is 32.5. The van der Waals surface area contributed by atoms with Gasteiger partial charge in [0.15, 0.2) is 58.4 Å². The van der Waals surface area contributed by atoms with Gasteiger partial charge >= 0.3 is 20.2 Å². The highest BCUT2D eigenvalue weighted by Crippen LogP contribution is 2.62. The van der Waals surface area contributed by atoms with Crippen LogP contribution >= 0.6 is 14.5 Å². The highest BCUT2D eigenvalue weighted by Gasteiger charge is 2.69. The van der Waals surface area contributed by atoms with Crippen molar-refractivity contribution in [3.63, 3.8) is 0 Å². The number of nitrogens with zero attached hydrogens (tertiary/aromatic N) is 11. The van der Waals surface area contributed by atoms with Gasteiger partial charge in [-0.2, -0.15) is 19.9 Å². The summed E-state index contributed by atoms with van der Waals surface area (Å²) in [4.78, 5) is 107. The van der Waals surface area contributed by atoms with Crippen LogP contribution < -0.4 is 45.3 Å². The number of phosphoric ester groups is 1. The van der Waals surface area contributed by atoms with Crippen LogP contribution in [0.4, 0.5) is 23.7 Å². The molecule has 8 aliphatic rings. The number of aromatic amines is 3. The average Bonchev–Trinajstić information content (AvgIpc) is 1.58. The third-order valence-electron chi connectivity index (χ3n) is 20.1. The Hall–Kier alpha value is -6.63. The fourth-order valence-electron chi connectivity index (χ4n) is 17.2. The van der Waals surface area contributed by atoms with E-state index in [1.807, 2.05) is 69.2 Å². The summed E-state index contributed by atoms with van der Waals surface area (Å²) in [6.45, 7) is 47.4. The van der Waals surface area contributed by atoms with Crippen LogP contribution in [0.1, 0.15) is 222 Å². The van der Waals surface area contributed by atoms with E-state index in [4.69, 9.17) is 100 Å². The van der Waals surface area contributed by atoms with Gasteiger partial charge < -0.3 is 84.6 Å². The Kier molecular flexibility index (Phi) is 23.8. The lowest BCUT2D eigenvalue weighted by Crippen LogP contribution is -2.47. The summed E-state index contributed by atoms with van der Waals surface area (Å²) in [5.74, 6) is 0.177. The number of H-pyrrole nitrogens is 3. The number of nitrogens with one attached hydrogen (secondary N) is 3. The fraction of sp³-hybridized carbons (Fsp3) is 0.750. The molecule has 8 aliphatic heterocycles. The number of aromatic nitrogens is 14. The van der Waals surface area contributed by atoms with Gasteiger partial charge in [-0.05, 0) is 149 Å². The number of anilines is 4. The Morgan fingerprint density at radius 3 is 1.03 bits per heavy atom. The van der Waals surface area contributed by atoms with Gasteiger partial charge in [0.25, 0.3) is 16.7 Å². The number of hydrogen-bond acceptors (Lipinski definition) is 31. The SMILES string of the molecule is CC(C)(C)C[C@@]12COC([C@H](n3cnc4c(=O)[nH]c(N)nc43)O1)[C@H]2OC(C)(C)C.CC(C)(C)C[C@@]12COC([C@H](n3cnc4c(=O)[nH]c(N)nc43)O1)[C@H]2OP(=O)(O)OC(C)(C)C.CC(C)(C)C[C@@]12COC([C@H](n3cnc4c(=O)[nH]c(N)nc43)O1)[C@H]2OP(O)(=S)OC(C)(C)C.Cc1cn([C@@H]2O[C@@]3(CC(C)(C)C)COC2[C@H]3OC(C)(C)C)c(=O)nc1N. The lowest BCUT2D eigenvalue weighted by atomic mass is 9.80. The second kappa shape index (κ2) is 31.0. The summed E-state index contributed by atoms with van der Waals surface area (Å²) in [6.07, 6.45) is 1.96. The first-order chi connectivity index (χ1) is 53.9. The molecule has 7 aromatic rings. The first-order valence-electron chi connectivity index (χ1n) is 39.4. The molecule has 18 atom stereocenters. The molecule has 0 aromatic carbocycles. The van der Waals surface area contributed by atoms with E-state index in [2.05, 4.69) is 112 Å². The second-order valence-electron chi connectivity index (χ2n) is 40.9. The van der Waals surface area contributed by atoms with Crippen molar-refractivity contribution in [2.45, 2.75) is 317 Å². The van der Waals surface area contributed by atoms with Crippen molar-refractivity contribution in [3.8, 4) is 0 Å². The Bertz CT molecular complexity index is 5070. The van der Waals surface area contributed by atoms with Crippen LogP contribution in [0.5, 0.6) is 0 Å². The Labute approximate surface area is 688 Å². The van der Waals surface area contributed by atoms with E-state index in [9.17, 15) is 33.5 Å². The molecule has 15 heterocycles. The van der Waals surface area contributed by atoms with Crippen LogP contribution in [-0.2, 0) is 81.8 Å². The van der Waals surface area contributed by atoms with Gasteiger partial charge in [-0.1, -0.05) is 83.1 Å². The maximum atomic E-state index is 12.8. The Morgan fingerprint density at radius 1 is 0.449 bits per heavy atom. The first-order valence-corrected chi connectivity index (χ1v) is 43.5. The Morgan fingerprint density at radius 2 is 0.737 bits per heavy atom. The maximum absolute atomic E-state index is 12.8. The molecule has 0 spiro atoms. The minimum absolute atomic E-state index is 0.0173. The van der Waals surface area contributed by atoms with Crippen molar-refractivity contribution >= 4 is 83.5 Å². The molecule has 6 unspecified atom stereocenters. The first kappa shape index (κ1) is 90.6. The summed E-state index contributed by atoms with van der Waals surface area (Å²) >= 11 is 5.32. The molecule has 656 valence electrons. The van der Waals surface area contributed by atoms with Crippen LogP contribution in [0.25, 0.3) is 33.5 Å². The number of nitrogen functional groups attached to an aromatic ring is 4. The van der Waals surface area contributed by atoms with Crippen molar-refractivity contribution in [2.24, 2.45) is 21.7 Å². The smallest absolute Gasteiger partial charge is 0.383 e. The summed E-state index contributed by atoms with van der Waals surface area (Å²) in [5.41, 5.74) is 17.6. The minimum atomic E-state index is -4.45. The predicted molar refractivity (Wildman–Crippen MR) is 439 cm³/mol. The van der Waals surface area contributed by atoms with Crippen LogP contribution in [0.3, 0.4) is 0 Å². The van der Waals surface area contributed by atoms with Crippen LogP contribution in [0.15, 0.2) is 44.4 Å². The lowest BCUT2D eigenvalue weighted by molar-refractivity contribution is -0.189. The van der Waals surface area contributed by atoms with Crippen molar-refractivity contribution in [3.05, 3.63) is 72.3 Å². The van der Waals surface area contributed by atoms with Crippen LogP contribution in [-0.4, -0.2) is 198 Å². The lowest BCUT2D eigenvalue weighted by Gasteiger charge is -2.38. The second-order valence-corrected chi connectivity index (χ2v) is 44.9. The van der Waals surface area contributed by atoms with E-state index >= 15 is 0 Å². The van der Waals surface area contributed by atoms with Crippen molar-refractivity contribution in [2.75, 3.05) is 49.4 Å². The molecule has 0 saturated carbocycles. The van der Waals surface area contributed by atoms with Gasteiger partial charge in [0.2, 0.25) is 17.8 Å². The molecule has 39 nitrogen and oxygen atoms in total. The quantitative estimate of drug-likeness (QED) is 0.0408. The number of nitrogens with two attached hydrogens (primary N) is 4. The van der Waals surface area contributed by atoms with E-state index in [-0.39, 0.29) is 128 Å². The van der Waals surface area contributed by atoms with E-state index < -0.39 is 114 Å². The fourth-order valence-corrected chi connectivity index (χ4v) is 20.8. The number of phosphoric acid groups is 1. The summed E-state index contributed by atoms with van der Waals surface area (Å²) in [7, 11) is -4.45. The van der Waals surface area contributed by atoms with Gasteiger partial charge in [-0.3, -0.25) is 61.2 Å². The average molecular weight is 1720 g/mol.